The van der Waals surface area contributed by atoms with Crippen molar-refractivity contribution in [2.24, 2.45) is 0 Å². The summed E-state index contributed by atoms with van der Waals surface area (Å²) in [5, 5.41) is 5.98. The third-order valence-electron chi connectivity index (χ3n) is 0.187. The van der Waals surface area contributed by atoms with Gasteiger partial charge in [0.25, 0.3) is 0 Å². The van der Waals surface area contributed by atoms with Crippen molar-refractivity contribution in [1.29, 1.82) is 5.41 Å². The molecular weight excluding hydrogens is 323 g/mol. The van der Waals surface area contributed by atoms with Gasteiger partial charge in [0, 0.05) is 0 Å². The van der Waals surface area contributed by atoms with E-state index >= 15 is 0 Å². The Kier molecular flexibility index (Phi) is 9.62. The van der Waals surface area contributed by atoms with Crippen LogP contribution in [0.25, 0.3) is 0 Å². The molecule has 0 aliphatic carbocycles. The second-order valence-corrected chi connectivity index (χ2v) is 0.630. The molecule has 0 saturated carbocycles. The minimum absolute atomic E-state index is 0. The van der Waals surface area contributed by atoms with E-state index in [1.165, 1.54) is 6.40 Å². The van der Waals surface area contributed by atoms with E-state index in [9.17, 15) is 4.39 Å². The number of halogens is 1. The fraction of sp³-hybridized carbons (Fsp3) is 0.333. The van der Waals surface area contributed by atoms with Crippen LogP contribution in [0.4, 0.5) is 4.39 Å². The summed E-state index contributed by atoms with van der Waals surface area (Å²) in [5.41, 5.74) is 0. The summed E-state index contributed by atoms with van der Waals surface area (Å²) in [6, 6.07) is 0. The fourth-order valence-electron chi connectivity index (χ4n) is 0.0639. The van der Waals surface area contributed by atoms with Gasteiger partial charge in [0.1, 0.15) is 0 Å². The van der Waals surface area contributed by atoms with Crippen molar-refractivity contribution in [3.05, 3.63) is 6.92 Å². The Morgan fingerprint density at radius 2 is 2.29 bits per heavy atom. The maximum atomic E-state index is 11.2. The van der Waals surface area contributed by atoms with Crippen LogP contribution in [-0.4, -0.2) is 12.8 Å². The molecule has 0 aliphatic rings. The molecule has 1 N–H and O–H groups in total. The molecule has 4 heteroatoms. The van der Waals surface area contributed by atoms with Crippen molar-refractivity contribution >= 4 is 6.40 Å². The normalized spacial score (nSPS) is 11.1. The molecule has 0 spiro atoms. The van der Waals surface area contributed by atoms with E-state index in [0.717, 1.165) is 0 Å². The van der Waals surface area contributed by atoms with E-state index in [4.69, 9.17) is 5.41 Å². The van der Waals surface area contributed by atoms with Crippen LogP contribution in [0.2, 0.25) is 0 Å². The number of alkyl halides is 1. The minimum Gasteiger partial charge on any atom is -0.673 e. The first-order valence-corrected chi connectivity index (χ1v) is 1.32. The van der Waals surface area contributed by atoms with Gasteiger partial charge in [-0.05, 0) is 0 Å². The van der Waals surface area contributed by atoms with Gasteiger partial charge in [0.05, 0.1) is 6.36 Å². The Morgan fingerprint density at radius 1 is 1.86 bits per heavy atom. The summed E-state index contributed by atoms with van der Waals surface area (Å²) in [6.07, 6.45) is -0.271. The van der Waals surface area contributed by atoms with Crippen LogP contribution in [0.1, 0.15) is 0 Å². The molecule has 1 unspecified atom stereocenters. The molecule has 0 fully saturated rings. The van der Waals surface area contributed by atoms with Gasteiger partial charge >= 0.3 is 31.1 Å². The molecule has 0 aromatic heterocycles. The molecule has 1 atom stereocenters. The molecular formula is C3H4FNOU. The molecule has 0 aliphatic heterocycles. The van der Waals surface area contributed by atoms with Crippen LogP contribution in [0, 0.1) is 43.4 Å². The van der Waals surface area contributed by atoms with E-state index in [0.29, 0.717) is 0 Å². The maximum absolute atomic E-state index is 11.2. The van der Waals surface area contributed by atoms with Crippen LogP contribution >= 0.6 is 0 Å². The SMILES string of the molecule is [CH2-]C(F)O[C-]=N.[U+2]. The van der Waals surface area contributed by atoms with Gasteiger partial charge in [0.2, 0.25) is 0 Å². The summed E-state index contributed by atoms with van der Waals surface area (Å²) in [7, 11) is 0. The summed E-state index contributed by atoms with van der Waals surface area (Å²) in [5.74, 6) is 0. The molecule has 0 bridgehead atoms. The zero-order valence-electron chi connectivity index (χ0n) is 3.57. The summed E-state index contributed by atoms with van der Waals surface area (Å²) in [6.45, 7) is 2.76. The molecule has 38 valence electrons. The molecule has 0 aromatic rings. The summed E-state index contributed by atoms with van der Waals surface area (Å²) in [4.78, 5) is 0. The summed E-state index contributed by atoms with van der Waals surface area (Å²) < 4.78 is 14.9. The Labute approximate surface area is 65.3 Å². The van der Waals surface area contributed by atoms with Crippen LogP contribution in [-0.2, 0) is 4.74 Å². The molecule has 0 rings (SSSR count). The van der Waals surface area contributed by atoms with Crippen molar-refractivity contribution in [2.75, 3.05) is 0 Å². The standard InChI is InChI=1S/C3H4FNO.U/c1-3(4)6-2-5;/h3,5H,1H2;/q-2;+2. The van der Waals surface area contributed by atoms with E-state index in [-0.39, 0.29) is 31.1 Å². The zero-order chi connectivity index (χ0) is 4.99. The van der Waals surface area contributed by atoms with Gasteiger partial charge in [-0.2, -0.15) is 0 Å². The van der Waals surface area contributed by atoms with E-state index in [2.05, 4.69) is 11.7 Å². The first-order valence-electron chi connectivity index (χ1n) is 1.32. The van der Waals surface area contributed by atoms with E-state index in [1.54, 1.807) is 0 Å². The first-order chi connectivity index (χ1) is 2.77. The predicted octanol–water partition coefficient (Wildman–Crippen LogP) is 0.617. The van der Waals surface area contributed by atoms with Crippen molar-refractivity contribution in [3.63, 3.8) is 0 Å². The number of nitrogens with one attached hydrogen (secondary N) is 1. The van der Waals surface area contributed by atoms with Crippen molar-refractivity contribution < 1.29 is 40.2 Å². The zero-order valence-corrected chi connectivity index (χ0v) is 7.73. The number of hydrogen-bond acceptors (Lipinski definition) is 2. The maximum Gasteiger partial charge on any atom is 2.00 e. The molecule has 2 nitrogen and oxygen atoms in total. The molecule has 0 amide bonds. The molecule has 0 saturated heterocycles. The third kappa shape index (κ3) is 10.7. The van der Waals surface area contributed by atoms with Crippen LogP contribution in [0.15, 0.2) is 0 Å². The number of rotatable bonds is 2. The van der Waals surface area contributed by atoms with Gasteiger partial charge in [-0.15, -0.1) is 0 Å². The van der Waals surface area contributed by atoms with Crippen molar-refractivity contribution in [3.8, 4) is 0 Å². The van der Waals surface area contributed by atoms with Gasteiger partial charge < -0.3 is 10.1 Å². The largest absolute Gasteiger partial charge is 2.00 e. The van der Waals surface area contributed by atoms with Crippen LogP contribution in [0.3, 0.4) is 0 Å². The average Bonchev–Trinajstić information content (AvgIpc) is 1.35. The van der Waals surface area contributed by atoms with Crippen LogP contribution < -0.4 is 0 Å². The van der Waals surface area contributed by atoms with Crippen LogP contribution in [0.5, 0.6) is 0 Å². The van der Waals surface area contributed by atoms with Gasteiger partial charge in [0.15, 0.2) is 0 Å². The Hall–Kier alpha value is 0.452. The number of hydrogen-bond donors (Lipinski definition) is 1. The molecule has 7 heavy (non-hydrogen) atoms. The van der Waals surface area contributed by atoms with E-state index in [1.807, 2.05) is 0 Å². The smallest absolute Gasteiger partial charge is 0.673 e. The van der Waals surface area contributed by atoms with E-state index < -0.39 is 6.36 Å². The Balaban J connectivity index is 0. The molecule has 0 heterocycles. The van der Waals surface area contributed by atoms with Crippen molar-refractivity contribution in [1.82, 2.24) is 0 Å². The minimum atomic E-state index is -1.65. The summed E-state index contributed by atoms with van der Waals surface area (Å²) >= 11 is 0. The quantitative estimate of drug-likeness (QED) is 0.450. The second kappa shape index (κ2) is 6.45. The average molecular weight is 327 g/mol. The Bertz CT molecular complexity index is 50.2. The predicted molar refractivity (Wildman–Crippen MR) is 19.1 cm³/mol. The second-order valence-electron chi connectivity index (χ2n) is 0.630. The monoisotopic (exact) mass is 327 g/mol. The number of ether oxygens (including phenoxy) is 1. The first kappa shape index (κ1) is 10.4. The molecule has 0 aromatic carbocycles. The van der Waals surface area contributed by atoms with Crippen molar-refractivity contribution in [2.45, 2.75) is 6.36 Å². The van der Waals surface area contributed by atoms with Gasteiger partial charge in [-0.3, -0.25) is 6.92 Å². The van der Waals surface area contributed by atoms with Gasteiger partial charge in [-0.1, -0.05) is 0 Å². The topological polar surface area (TPSA) is 33.1 Å². The van der Waals surface area contributed by atoms with Gasteiger partial charge in [-0.25, -0.2) is 10.8 Å². The molecule has 0 radical (unpaired) electrons. The Morgan fingerprint density at radius 3 is 2.29 bits per heavy atom. The third-order valence-corrected chi connectivity index (χ3v) is 0.187. The fourth-order valence-corrected chi connectivity index (χ4v) is 0.0639.